The fourth-order valence-electron chi connectivity index (χ4n) is 6.89. The van der Waals surface area contributed by atoms with Crippen LogP contribution in [0.1, 0.15) is 89.7 Å². The first kappa shape index (κ1) is 38.2. The Bertz CT molecular complexity index is 1610. The number of unbranched alkanes of at least 4 members (excludes halogenated alkanes) is 6. The quantitative estimate of drug-likeness (QED) is 0.100. The van der Waals surface area contributed by atoms with E-state index in [4.69, 9.17) is 19.5 Å². The van der Waals surface area contributed by atoms with Gasteiger partial charge in [0.25, 0.3) is 5.91 Å². The number of ether oxygens (including phenoxy) is 1. The third-order valence-corrected chi connectivity index (χ3v) is 9.35. The molecule has 3 aliphatic rings. The summed E-state index contributed by atoms with van der Waals surface area (Å²) in [6.07, 6.45) is 17.4. The highest BCUT2D eigenvalue weighted by Gasteiger charge is 2.61. The largest absolute Gasteiger partial charge is 0.478 e. The van der Waals surface area contributed by atoms with Gasteiger partial charge in [0.15, 0.2) is 5.58 Å². The predicted octanol–water partition coefficient (Wildman–Crippen LogP) is 5.78. The number of carbonyl (C=O) groups excluding carboxylic acids is 3. The SMILES string of the molecule is CCCCCCCCCC(=O)OC(C)CN1C(=O)C2C=CC=CC2(N2CCC(c3noc4cc(F)ccc34)CC2)C1=O.O=C(O)/C=C/C(=O)O. The number of carbonyl (C=O) groups is 5. The van der Waals surface area contributed by atoms with Gasteiger partial charge >= 0.3 is 17.9 Å². The molecule has 0 radical (unpaired) electrons. The molecule has 2 N–H and O–H groups in total. The summed E-state index contributed by atoms with van der Waals surface area (Å²) in [6.45, 7) is 5.15. The summed E-state index contributed by atoms with van der Waals surface area (Å²) >= 11 is 0. The van der Waals surface area contributed by atoms with Crippen LogP contribution in [0.2, 0.25) is 0 Å². The lowest BCUT2D eigenvalue weighted by Crippen LogP contribution is -2.58. The van der Waals surface area contributed by atoms with Gasteiger partial charge in [-0.15, -0.1) is 0 Å². The van der Waals surface area contributed by atoms with Crippen molar-refractivity contribution in [2.24, 2.45) is 5.92 Å². The molecule has 3 unspecified atom stereocenters. The van der Waals surface area contributed by atoms with Crippen molar-refractivity contribution in [2.75, 3.05) is 19.6 Å². The molecule has 3 heterocycles. The fourth-order valence-corrected chi connectivity index (χ4v) is 6.89. The van der Waals surface area contributed by atoms with E-state index in [-0.39, 0.29) is 36.1 Å². The molecular weight excluding hydrogens is 649 g/mol. The number of amides is 2. The van der Waals surface area contributed by atoms with Crippen molar-refractivity contribution in [3.63, 3.8) is 0 Å². The van der Waals surface area contributed by atoms with E-state index in [1.54, 1.807) is 13.0 Å². The number of fused-ring (bicyclic) bond motifs is 2. The molecule has 2 saturated heterocycles. The van der Waals surface area contributed by atoms with E-state index in [1.807, 2.05) is 24.3 Å². The van der Waals surface area contributed by atoms with Gasteiger partial charge in [0, 0.05) is 49.0 Å². The molecule has 2 aliphatic heterocycles. The van der Waals surface area contributed by atoms with Crippen molar-refractivity contribution >= 4 is 40.7 Å². The number of benzene rings is 1. The molecule has 1 aliphatic carbocycles. The van der Waals surface area contributed by atoms with Crippen molar-refractivity contribution in [3.8, 4) is 0 Å². The van der Waals surface area contributed by atoms with Crippen LogP contribution in [0.15, 0.2) is 59.2 Å². The van der Waals surface area contributed by atoms with Crippen LogP contribution in [-0.2, 0) is 28.7 Å². The number of esters is 1. The van der Waals surface area contributed by atoms with Crippen molar-refractivity contribution in [1.29, 1.82) is 0 Å². The molecule has 1 aromatic heterocycles. The zero-order valence-electron chi connectivity index (χ0n) is 28.6. The van der Waals surface area contributed by atoms with Crippen LogP contribution in [0.5, 0.6) is 0 Å². The van der Waals surface area contributed by atoms with Crippen molar-refractivity contribution in [3.05, 3.63) is 66.2 Å². The Morgan fingerprint density at radius 1 is 1.04 bits per heavy atom. The third kappa shape index (κ3) is 9.32. The second kappa shape index (κ2) is 17.8. The van der Waals surface area contributed by atoms with Crippen LogP contribution < -0.4 is 0 Å². The first-order valence-corrected chi connectivity index (χ1v) is 17.3. The number of halogens is 1. The van der Waals surface area contributed by atoms with Gasteiger partial charge in [-0.25, -0.2) is 14.0 Å². The molecular formula is C37H46FN3O9. The number of allylic oxidation sites excluding steroid dienone is 2. The molecule has 2 fully saturated rings. The summed E-state index contributed by atoms with van der Waals surface area (Å²) in [7, 11) is 0. The van der Waals surface area contributed by atoms with Crippen LogP contribution in [0.4, 0.5) is 4.39 Å². The van der Waals surface area contributed by atoms with Crippen LogP contribution >= 0.6 is 0 Å². The summed E-state index contributed by atoms with van der Waals surface area (Å²) in [5.41, 5.74) is 0.143. The number of hydrogen-bond donors (Lipinski definition) is 2. The highest BCUT2D eigenvalue weighted by Crippen LogP contribution is 2.43. The molecule has 50 heavy (non-hydrogen) atoms. The summed E-state index contributed by atoms with van der Waals surface area (Å²) in [5, 5.41) is 20.7. The minimum atomic E-state index is -1.26. The third-order valence-electron chi connectivity index (χ3n) is 9.35. The van der Waals surface area contributed by atoms with E-state index in [1.165, 1.54) is 42.7 Å². The van der Waals surface area contributed by atoms with E-state index >= 15 is 0 Å². The molecule has 270 valence electrons. The molecule has 3 atom stereocenters. The maximum atomic E-state index is 14.0. The van der Waals surface area contributed by atoms with Gasteiger partial charge < -0.3 is 19.5 Å². The number of likely N-dealkylation sites (tertiary alicyclic amines) is 2. The monoisotopic (exact) mass is 695 g/mol. The fraction of sp³-hybridized carbons (Fsp3) is 0.514. The molecule has 5 rings (SSSR count). The Balaban J connectivity index is 0.000000627. The number of rotatable bonds is 15. The number of carboxylic acid groups (broad SMARTS) is 2. The van der Waals surface area contributed by atoms with E-state index in [0.717, 1.165) is 43.2 Å². The number of imide groups is 1. The lowest BCUT2D eigenvalue weighted by Gasteiger charge is -2.44. The molecule has 0 spiro atoms. The highest BCUT2D eigenvalue weighted by atomic mass is 19.1. The number of carboxylic acids is 2. The Hall–Kier alpha value is -4.65. The molecule has 0 bridgehead atoms. The smallest absolute Gasteiger partial charge is 0.328 e. The molecule has 12 nitrogen and oxygen atoms in total. The Labute approximate surface area is 290 Å². The van der Waals surface area contributed by atoms with Gasteiger partial charge in [-0.05, 0) is 38.3 Å². The van der Waals surface area contributed by atoms with Crippen LogP contribution in [-0.4, -0.2) is 86.2 Å². The maximum Gasteiger partial charge on any atom is 0.328 e. The first-order chi connectivity index (χ1) is 24.0. The molecule has 13 heteroatoms. The van der Waals surface area contributed by atoms with Crippen molar-refractivity contribution < 1.29 is 47.8 Å². The van der Waals surface area contributed by atoms with Gasteiger partial charge in [-0.3, -0.25) is 24.2 Å². The summed E-state index contributed by atoms with van der Waals surface area (Å²) in [6, 6.07) is 4.45. The van der Waals surface area contributed by atoms with Crippen LogP contribution in [0, 0.1) is 11.7 Å². The predicted molar refractivity (Wildman–Crippen MR) is 181 cm³/mol. The van der Waals surface area contributed by atoms with Crippen LogP contribution in [0.3, 0.4) is 0 Å². The van der Waals surface area contributed by atoms with Crippen LogP contribution in [0.25, 0.3) is 11.0 Å². The Morgan fingerprint density at radius 3 is 2.36 bits per heavy atom. The molecule has 2 amide bonds. The second-order valence-electron chi connectivity index (χ2n) is 13.0. The Kier molecular flexibility index (Phi) is 13.6. The normalized spacial score (nSPS) is 21.3. The van der Waals surface area contributed by atoms with Gasteiger partial charge in [0.2, 0.25) is 5.91 Å². The summed E-state index contributed by atoms with van der Waals surface area (Å²) in [4.78, 5) is 62.5. The maximum absolute atomic E-state index is 14.0. The highest BCUT2D eigenvalue weighted by molar-refractivity contribution is 6.12. The molecule has 2 aromatic rings. The standard InChI is InChI=1S/C33H42FN3O5.C4H4O4/c1-3-4-5-6-7-8-9-13-29(38)41-23(2)22-37-31(39)27-12-10-11-18-33(27,32(37)40)36-19-16-24(17-20-36)30-26-15-14-25(34)21-28(26)42-35-30;5-3(6)1-2-4(7)8/h10-12,14-15,18,21,23-24,27H,3-9,13,16-17,19-20,22H2,1-2H3;1-2H,(H,5,6)(H,7,8)/b;2-1+. The number of piperidine rings is 1. The van der Waals surface area contributed by atoms with E-state index in [2.05, 4.69) is 17.0 Å². The average molecular weight is 696 g/mol. The average Bonchev–Trinajstić information content (AvgIpc) is 3.60. The zero-order chi connectivity index (χ0) is 36.3. The van der Waals surface area contributed by atoms with Crippen molar-refractivity contribution in [1.82, 2.24) is 15.0 Å². The van der Waals surface area contributed by atoms with E-state index in [0.29, 0.717) is 37.2 Å². The minimum absolute atomic E-state index is 0.0400. The molecule has 1 aromatic carbocycles. The summed E-state index contributed by atoms with van der Waals surface area (Å²) in [5.74, 6) is -4.22. The number of nitrogens with zero attached hydrogens (tertiary/aromatic N) is 3. The lowest BCUT2D eigenvalue weighted by atomic mass is 9.78. The van der Waals surface area contributed by atoms with E-state index < -0.39 is 29.5 Å². The number of aliphatic carboxylic acids is 2. The van der Waals surface area contributed by atoms with Crippen molar-refractivity contribution in [2.45, 2.75) is 95.6 Å². The van der Waals surface area contributed by atoms with Gasteiger partial charge in [0.05, 0.1) is 18.2 Å². The number of aromatic nitrogens is 1. The number of hydrogen-bond acceptors (Lipinski definition) is 9. The Morgan fingerprint density at radius 2 is 1.70 bits per heavy atom. The molecule has 0 saturated carbocycles. The topological polar surface area (TPSA) is 168 Å². The first-order valence-electron chi connectivity index (χ1n) is 17.3. The van der Waals surface area contributed by atoms with Gasteiger partial charge in [0.1, 0.15) is 17.5 Å². The van der Waals surface area contributed by atoms with Gasteiger partial charge in [-0.2, -0.15) is 0 Å². The minimum Gasteiger partial charge on any atom is -0.478 e. The van der Waals surface area contributed by atoms with E-state index in [9.17, 15) is 28.4 Å². The zero-order valence-corrected chi connectivity index (χ0v) is 28.6. The summed E-state index contributed by atoms with van der Waals surface area (Å²) < 4.78 is 24.6. The second-order valence-corrected chi connectivity index (χ2v) is 13.0. The van der Waals surface area contributed by atoms with Gasteiger partial charge in [-0.1, -0.05) is 74.9 Å². The lowest BCUT2D eigenvalue weighted by molar-refractivity contribution is -0.154.